The topological polar surface area (TPSA) is 142 Å². The number of rotatable bonds is 4. The van der Waals surface area contributed by atoms with Gasteiger partial charge in [-0.2, -0.15) is 0 Å². The molecule has 2 rings (SSSR count). The van der Waals surface area contributed by atoms with Crippen LogP contribution in [0.4, 0.5) is 22.0 Å². The fraction of sp³-hybridized carbons (Fsp3) is 0.267. The summed E-state index contributed by atoms with van der Waals surface area (Å²) in [6, 6.07) is 4.26. The van der Waals surface area contributed by atoms with Crippen LogP contribution < -0.4 is 15.8 Å². The number of nitrogens with two attached hydrogens (primary N) is 1. The van der Waals surface area contributed by atoms with E-state index in [0.717, 1.165) is 0 Å². The number of nitrogen functional groups attached to an aromatic ring is 1. The fourth-order valence-corrected chi connectivity index (χ4v) is 1.77. The molecule has 0 aliphatic rings. The summed E-state index contributed by atoms with van der Waals surface area (Å²) in [7, 11) is 0. The second-order valence-electron chi connectivity index (χ2n) is 5.91. The van der Waals surface area contributed by atoms with Crippen molar-refractivity contribution in [2.45, 2.75) is 26.4 Å². The number of carbonyl (C=O) groups excluding carboxylic acids is 1. The fourth-order valence-electron chi connectivity index (χ4n) is 1.77. The standard InChI is InChI=1S/C15H17N5O5/c1-15(2,3)25-14(21)19-9-4-5-11(18-8-9)24-10-6-7-17-13(16)12(10)20(22)23/h4-8H,1-3H3,(H2,16,17)(H,19,21). The molecule has 25 heavy (non-hydrogen) atoms. The van der Waals surface area contributed by atoms with Crippen molar-refractivity contribution >= 4 is 23.3 Å². The van der Waals surface area contributed by atoms with Crippen molar-refractivity contribution in [3.8, 4) is 11.6 Å². The van der Waals surface area contributed by atoms with E-state index in [4.69, 9.17) is 15.2 Å². The summed E-state index contributed by atoms with van der Waals surface area (Å²) in [6.07, 6.45) is 1.99. The van der Waals surface area contributed by atoms with Gasteiger partial charge in [0.05, 0.1) is 16.8 Å². The van der Waals surface area contributed by atoms with E-state index in [1.54, 1.807) is 20.8 Å². The van der Waals surface area contributed by atoms with Gasteiger partial charge in [-0.15, -0.1) is 0 Å². The SMILES string of the molecule is CC(C)(C)OC(=O)Nc1ccc(Oc2ccnc(N)c2[N+](=O)[O-])nc1. The van der Waals surface area contributed by atoms with Crippen molar-refractivity contribution in [3.63, 3.8) is 0 Å². The molecule has 0 radical (unpaired) electrons. The van der Waals surface area contributed by atoms with Crippen LogP contribution in [0, 0.1) is 10.1 Å². The van der Waals surface area contributed by atoms with Gasteiger partial charge in [-0.3, -0.25) is 15.4 Å². The summed E-state index contributed by atoms with van der Waals surface area (Å²) < 4.78 is 10.5. The number of hydrogen-bond acceptors (Lipinski definition) is 8. The Labute approximate surface area is 143 Å². The van der Waals surface area contributed by atoms with Crippen LogP contribution in [0.3, 0.4) is 0 Å². The summed E-state index contributed by atoms with van der Waals surface area (Å²) >= 11 is 0. The number of amides is 1. The van der Waals surface area contributed by atoms with Crippen LogP contribution in [0.15, 0.2) is 30.6 Å². The van der Waals surface area contributed by atoms with Crippen molar-refractivity contribution in [2.75, 3.05) is 11.1 Å². The largest absolute Gasteiger partial charge is 0.444 e. The molecule has 0 spiro atoms. The lowest BCUT2D eigenvalue weighted by Gasteiger charge is -2.19. The van der Waals surface area contributed by atoms with Gasteiger partial charge in [0.15, 0.2) is 0 Å². The zero-order valence-corrected chi connectivity index (χ0v) is 13.8. The average Bonchev–Trinajstić information content (AvgIpc) is 2.47. The van der Waals surface area contributed by atoms with Gasteiger partial charge < -0.3 is 15.2 Å². The monoisotopic (exact) mass is 347 g/mol. The molecule has 0 aromatic carbocycles. The Bertz CT molecular complexity index is 786. The summed E-state index contributed by atoms with van der Waals surface area (Å²) in [5.41, 5.74) is 4.80. The highest BCUT2D eigenvalue weighted by Gasteiger charge is 2.21. The molecule has 1 amide bonds. The van der Waals surface area contributed by atoms with Gasteiger partial charge in [-0.25, -0.2) is 14.8 Å². The van der Waals surface area contributed by atoms with Gasteiger partial charge in [-0.1, -0.05) is 0 Å². The van der Waals surface area contributed by atoms with Gasteiger partial charge in [0.1, 0.15) is 5.60 Å². The highest BCUT2D eigenvalue weighted by Crippen LogP contribution is 2.33. The second-order valence-corrected chi connectivity index (χ2v) is 5.91. The lowest BCUT2D eigenvalue weighted by molar-refractivity contribution is -0.384. The summed E-state index contributed by atoms with van der Waals surface area (Å²) in [5.74, 6) is -0.257. The van der Waals surface area contributed by atoms with Crippen molar-refractivity contribution < 1.29 is 19.2 Å². The molecule has 10 nitrogen and oxygen atoms in total. The Morgan fingerprint density at radius 1 is 1.28 bits per heavy atom. The summed E-state index contributed by atoms with van der Waals surface area (Å²) in [6.45, 7) is 5.24. The first-order valence-corrected chi connectivity index (χ1v) is 7.18. The highest BCUT2D eigenvalue weighted by molar-refractivity contribution is 5.84. The van der Waals surface area contributed by atoms with Crippen LogP contribution in [0.1, 0.15) is 20.8 Å². The Morgan fingerprint density at radius 3 is 2.56 bits per heavy atom. The van der Waals surface area contributed by atoms with E-state index in [1.165, 1.54) is 30.6 Å². The van der Waals surface area contributed by atoms with E-state index >= 15 is 0 Å². The third-order valence-corrected chi connectivity index (χ3v) is 2.69. The Kier molecular flexibility index (Phi) is 5.01. The van der Waals surface area contributed by atoms with Gasteiger partial charge in [0.2, 0.25) is 17.4 Å². The zero-order valence-electron chi connectivity index (χ0n) is 13.8. The van der Waals surface area contributed by atoms with Crippen LogP contribution in [0.25, 0.3) is 0 Å². The molecule has 0 aliphatic carbocycles. The van der Waals surface area contributed by atoms with Crippen LogP contribution in [0.5, 0.6) is 11.6 Å². The lowest BCUT2D eigenvalue weighted by Crippen LogP contribution is -2.27. The Hall–Kier alpha value is -3.43. The van der Waals surface area contributed by atoms with Crippen molar-refractivity contribution in [2.24, 2.45) is 0 Å². The van der Waals surface area contributed by atoms with Crippen LogP contribution in [0.2, 0.25) is 0 Å². The quantitative estimate of drug-likeness (QED) is 0.634. The maximum absolute atomic E-state index is 11.7. The molecule has 3 N–H and O–H groups in total. The van der Waals surface area contributed by atoms with Crippen LogP contribution in [-0.4, -0.2) is 26.6 Å². The first kappa shape index (κ1) is 17.9. The van der Waals surface area contributed by atoms with Gasteiger partial charge >= 0.3 is 11.8 Å². The van der Waals surface area contributed by atoms with Crippen LogP contribution in [-0.2, 0) is 4.74 Å². The van der Waals surface area contributed by atoms with E-state index in [-0.39, 0.29) is 17.4 Å². The van der Waals surface area contributed by atoms with E-state index in [1.807, 2.05) is 0 Å². The maximum Gasteiger partial charge on any atom is 0.412 e. The van der Waals surface area contributed by atoms with E-state index in [9.17, 15) is 14.9 Å². The zero-order chi connectivity index (χ0) is 18.6. The third-order valence-electron chi connectivity index (χ3n) is 2.69. The first-order chi connectivity index (χ1) is 11.7. The van der Waals surface area contributed by atoms with E-state index in [2.05, 4.69) is 15.3 Å². The third kappa shape index (κ3) is 5.03. The predicted molar refractivity (Wildman–Crippen MR) is 89.5 cm³/mol. The smallest absolute Gasteiger partial charge is 0.412 e. The molecule has 0 unspecified atom stereocenters. The molecule has 2 aromatic heterocycles. The van der Waals surface area contributed by atoms with E-state index in [0.29, 0.717) is 5.69 Å². The van der Waals surface area contributed by atoms with Crippen molar-refractivity contribution in [1.29, 1.82) is 0 Å². The highest BCUT2D eigenvalue weighted by atomic mass is 16.6. The molecular formula is C15H17N5O5. The minimum atomic E-state index is -0.684. The molecule has 10 heteroatoms. The summed E-state index contributed by atoms with van der Waals surface area (Å²) in [4.78, 5) is 29.7. The van der Waals surface area contributed by atoms with Crippen molar-refractivity contribution in [1.82, 2.24) is 9.97 Å². The number of aromatic nitrogens is 2. The number of pyridine rings is 2. The molecular weight excluding hydrogens is 330 g/mol. The molecule has 2 heterocycles. The average molecular weight is 347 g/mol. The number of hydrogen-bond donors (Lipinski definition) is 2. The number of anilines is 2. The molecule has 0 fully saturated rings. The minimum absolute atomic E-state index is 0.0853. The normalized spacial score (nSPS) is 10.8. The lowest BCUT2D eigenvalue weighted by atomic mass is 10.2. The van der Waals surface area contributed by atoms with Gasteiger partial charge in [0, 0.05) is 18.3 Å². The van der Waals surface area contributed by atoms with Crippen molar-refractivity contribution in [3.05, 3.63) is 40.7 Å². The Balaban J connectivity index is 2.10. The molecule has 0 aliphatic heterocycles. The molecule has 0 saturated heterocycles. The molecule has 132 valence electrons. The number of nitrogens with one attached hydrogen (secondary N) is 1. The second kappa shape index (κ2) is 6.99. The van der Waals surface area contributed by atoms with Gasteiger partial charge in [0.25, 0.3) is 0 Å². The number of ether oxygens (including phenoxy) is 2. The predicted octanol–water partition coefficient (Wildman–Crippen LogP) is 3.11. The molecule has 2 aromatic rings. The molecule has 0 bridgehead atoms. The Morgan fingerprint density at radius 2 is 2.00 bits per heavy atom. The molecule has 0 saturated carbocycles. The number of nitro groups is 1. The molecule has 0 atom stereocenters. The maximum atomic E-state index is 11.7. The summed E-state index contributed by atoms with van der Waals surface area (Å²) in [5, 5.41) is 13.6. The van der Waals surface area contributed by atoms with Crippen LogP contribution >= 0.6 is 0 Å². The van der Waals surface area contributed by atoms with Gasteiger partial charge in [-0.05, 0) is 26.8 Å². The number of carbonyl (C=O) groups is 1. The van der Waals surface area contributed by atoms with E-state index < -0.39 is 22.3 Å². The first-order valence-electron chi connectivity index (χ1n) is 7.18. The number of nitrogens with zero attached hydrogens (tertiary/aromatic N) is 3. The minimum Gasteiger partial charge on any atom is -0.444 e.